The van der Waals surface area contributed by atoms with E-state index in [1.165, 1.54) is 17.8 Å². The fourth-order valence-corrected chi connectivity index (χ4v) is 2.30. The molecule has 0 aliphatic heterocycles. The Bertz CT molecular complexity index is 546. The van der Waals surface area contributed by atoms with Crippen LogP contribution in [-0.4, -0.2) is 0 Å². The van der Waals surface area contributed by atoms with E-state index < -0.39 is 0 Å². The molecule has 0 radical (unpaired) electrons. The predicted molar refractivity (Wildman–Crippen MR) is 67.1 cm³/mol. The second kappa shape index (κ2) is 5.51. The van der Waals surface area contributed by atoms with Crippen molar-refractivity contribution in [3.63, 3.8) is 0 Å². The van der Waals surface area contributed by atoms with Crippen LogP contribution in [0.5, 0.6) is 0 Å². The number of hydrogen-bond donors (Lipinski definition) is 0. The lowest BCUT2D eigenvalue weighted by Gasteiger charge is -2.03. The highest BCUT2D eigenvalue weighted by atomic mass is 32.2. The zero-order valence-corrected chi connectivity index (χ0v) is 9.88. The molecule has 0 spiro atoms. The lowest BCUT2D eigenvalue weighted by atomic mass is 10.2. The van der Waals surface area contributed by atoms with Crippen molar-refractivity contribution in [1.82, 2.24) is 0 Å². The molecule has 84 valence electrons. The number of benzene rings is 2. The molecular formula is C14H10FNS. The van der Waals surface area contributed by atoms with E-state index in [2.05, 4.69) is 0 Å². The largest absolute Gasteiger partial charge is 0.206 e. The Balaban J connectivity index is 2.08. The quantitative estimate of drug-likeness (QED) is 0.761. The average Bonchev–Trinajstić information content (AvgIpc) is 2.38. The van der Waals surface area contributed by atoms with Crippen LogP contribution in [0, 0.1) is 17.1 Å². The smallest absolute Gasteiger partial charge is 0.138 e. The normalized spacial score (nSPS) is 9.88. The van der Waals surface area contributed by atoms with Crippen molar-refractivity contribution in [3.05, 3.63) is 65.5 Å². The van der Waals surface area contributed by atoms with Gasteiger partial charge in [-0.15, -0.1) is 11.8 Å². The van der Waals surface area contributed by atoms with Crippen LogP contribution in [0.15, 0.2) is 53.4 Å². The van der Waals surface area contributed by atoms with Crippen LogP contribution in [0.4, 0.5) is 4.39 Å². The minimum absolute atomic E-state index is 0.329. The minimum atomic E-state index is -0.329. The molecule has 0 N–H and O–H groups in total. The molecule has 0 heterocycles. The molecular weight excluding hydrogens is 233 g/mol. The summed E-state index contributed by atoms with van der Waals surface area (Å²) >= 11 is 1.43. The average molecular weight is 243 g/mol. The molecule has 0 saturated heterocycles. The molecule has 0 unspecified atom stereocenters. The summed E-state index contributed by atoms with van der Waals surface area (Å²) in [6.45, 7) is 0. The standard InChI is InChI=1S/C14H10FNS/c15-13-8-12(9-16)6-7-14(13)17-10-11-4-2-1-3-5-11/h1-8H,10H2. The summed E-state index contributed by atoms with van der Waals surface area (Å²) in [5.74, 6) is 0.397. The number of rotatable bonds is 3. The van der Waals surface area contributed by atoms with Crippen LogP contribution in [-0.2, 0) is 5.75 Å². The molecule has 0 aliphatic carbocycles. The maximum absolute atomic E-state index is 13.6. The zero-order chi connectivity index (χ0) is 12.1. The van der Waals surface area contributed by atoms with Crippen molar-refractivity contribution < 1.29 is 4.39 Å². The van der Waals surface area contributed by atoms with Gasteiger partial charge in [-0.2, -0.15) is 5.26 Å². The van der Waals surface area contributed by atoms with Crippen molar-refractivity contribution in [1.29, 1.82) is 5.26 Å². The molecule has 0 aliphatic rings. The Kier molecular flexibility index (Phi) is 3.79. The van der Waals surface area contributed by atoms with E-state index in [0.717, 1.165) is 11.3 Å². The first-order valence-corrected chi connectivity index (χ1v) is 6.14. The van der Waals surface area contributed by atoms with E-state index in [0.29, 0.717) is 10.5 Å². The van der Waals surface area contributed by atoms with Gasteiger partial charge < -0.3 is 0 Å². The Morgan fingerprint density at radius 1 is 1.12 bits per heavy atom. The van der Waals surface area contributed by atoms with E-state index >= 15 is 0 Å². The van der Waals surface area contributed by atoms with Crippen LogP contribution in [0.25, 0.3) is 0 Å². The first-order valence-electron chi connectivity index (χ1n) is 5.16. The monoisotopic (exact) mass is 243 g/mol. The van der Waals surface area contributed by atoms with Crippen LogP contribution in [0.1, 0.15) is 11.1 Å². The maximum atomic E-state index is 13.6. The van der Waals surface area contributed by atoms with Gasteiger partial charge in [0.15, 0.2) is 0 Å². The van der Waals surface area contributed by atoms with Crippen LogP contribution < -0.4 is 0 Å². The Labute approximate surface area is 104 Å². The van der Waals surface area contributed by atoms with Gasteiger partial charge in [-0.25, -0.2) is 4.39 Å². The molecule has 3 heteroatoms. The van der Waals surface area contributed by atoms with Gasteiger partial charge in [0.25, 0.3) is 0 Å². The van der Waals surface area contributed by atoms with Crippen molar-refractivity contribution in [3.8, 4) is 6.07 Å². The molecule has 2 rings (SSSR count). The summed E-state index contributed by atoms with van der Waals surface area (Å²) in [7, 11) is 0. The third kappa shape index (κ3) is 3.08. The lowest BCUT2D eigenvalue weighted by Crippen LogP contribution is -1.85. The Morgan fingerprint density at radius 2 is 1.88 bits per heavy atom. The van der Waals surface area contributed by atoms with Crippen molar-refractivity contribution in [2.45, 2.75) is 10.6 Å². The van der Waals surface area contributed by atoms with E-state index in [9.17, 15) is 4.39 Å². The molecule has 0 atom stereocenters. The first kappa shape index (κ1) is 11.7. The minimum Gasteiger partial charge on any atom is -0.206 e. The molecule has 0 amide bonds. The molecule has 0 fully saturated rings. The lowest BCUT2D eigenvalue weighted by molar-refractivity contribution is 0.601. The second-order valence-corrected chi connectivity index (χ2v) is 4.55. The van der Waals surface area contributed by atoms with Gasteiger partial charge >= 0.3 is 0 Å². The fraction of sp³-hybridized carbons (Fsp3) is 0.0714. The van der Waals surface area contributed by atoms with E-state index in [4.69, 9.17) is 5.26 Å². The molecule has 1 nitrogen and oxygen atoms in total. The van der Waals surface area contributed by atoms with Gasteiger partial charge in [0, 0.05) is 10.6 Å². The number of hydrogen-bond acceptors (Lipinski definition) is 2. The van der Waals surface area contributed by atoms with Gasteiger partial charge in [-0.1, -0.05) is 30.3 Å². The molecule has 2 aromatic carbocycles. The third-order valence-electron chi connectivity index (χ3n) is 2.30. The molecule has 0 aromatic heterocycles. The van der Waals surface area contributed by atoms with Gasteiger partial charge in [-0.05, 0) is 23.8 Å². The van der Waals surface area contributed by atoms with E-state index in [1.54, 1.807) is 12.1 Å². The van der Waals surface area contributed by atoms with Crippen molar-refractivity contribution >= 4 is 11.8 Å². The fourth-order valence-electron chi connectivity index (χ4n) is 1.42. The van der Waals surface area contributed by atoms with Crippen molar-refractivity contribution in [2.75, 3.05) is 0 Å². The van der Waals surface area contributed by atoms with Crippen LogP contribution in [0.2, 0.25) is 0 Å². The number of halogens is 1. The van der Waals surface area contributed by atoms with Crippen LogP contribution >= 0.6 is 11.8 Å². The molecule has 17 heavy (non-hydrogen) atoms. The number of thioether (sulfide) groups is 1. The number of nitrogens with zero attached hydrogens (tertiary/aromatic N) is 1. The first-order chi connectivity index (χ1) is 8.29. The summed E-state index contributed by atoms with van der Waals surface area (Å²) < 4.78 is 13.6. The molecule has 0 saturated carbocycles. The summed E-state index contributed by atoms with van der Waals surface area (Å²) in [5, 5.41) is 8.64. The summed E-state index contributed by atoms with van der Waals surface area (Å²) in [6, 6.07) is 16.4. The summed E-state index contributed by atoms with van der Waals surface area (Å²) in [5.41, 5.74) is 1.51. The topological polar surface area (TPSA) is 23.8 Å². The van der Waals surface area contributed by atoms with Crippen LogP contribution in [0.3, 0.4) is 0 Å². The SMILES string of the molecule is N#Cc1ccc(SCc2ccccc2)c(F)c1. The third-order valence-corrected chi connectivity index (χ3v) is 3.42. The summed E-state index contributed by atoms with van der Waals surface area (Å²) in [4.78, 5) is 0.577. The predicted octanol–water partition coefficient (Wildman–Crippen LogP) is 3.99. The molecule has 2 aromatic rings. The van der Waals surface area contributed by atoms with E-state index in [1.807, 2.05) is 36.4 Å². The van der Waals surface area contributed by atoms with Gasteiger partial charge in [0.2, 0.25) is 0 Å². The summed E-state index contributed by atoms with van der Waals surface area (Å²) in [6.07, 6.45) is 0. The highest BCUT2D eigenvalue weighted by molar-refractivity contribution is 7.98. The van der Waals surface area contributed by atoms with Crippen molar-refractivity contribution in [2.24, 2.45) is 0 Å². The maximum Gasteiger partial charge on any atom is 0.138 e. The van der Waals surface area contributed by atoms with Gasteiger partial charge in [0.05, 0.1) is 11.6 Å². The Hall–Kier alpha value is -1.79. The highest BCUT2D eigenvalue weighted by Gasteiger charge is 2.04. The van der Waals surface area contributed by atoms with Gasteiger partial charge in [0.1, 0.15) is 5.82 Å². The molecule has 0 bridgehead atoms. The number of nitriles is 1. The Morgan fingerprint density at radius 3 is 2.53 bits per heavy atom. The second-order valence-electron chi connectivity index (χ2n) is 3.53. The zero-order valence-electron chi connectivity index (χ0n) is 9.06. The van der Waals surface area contributed by atoms with Gasteiger partial charge in [-0.3, -0.25) is 0 Å². The van der Waals surface area contributed by atoms with E-state index in [-0.39, 0.29) is 5.82 Å². The highest BCUT2D eigenvalue weighted by Crippen LogP contribution is 2.25.